The number of aromatic nitrogens is 1. The third-order valence-electron chi connectivity index (χ3n) is 2.49. The van der Waals surface area contributed by atoms with E-state index in [1.807, 2.05) is 11.3 Å². The van der Waals surface area contributed by atoms with Crippen molar-refractivity contribution in [3.05, 3.63) is 15.6 Å². The molecule has 1 aromatic rings. The first-order chi connectivity index (χ1) is 7.24. The van der Waals surface area contributed by atoms with Gasteiger partial charge < -0.3 is 5.32 Å². The van der Waals surface area contributed by atoms with Crippen molar-refractivity contribution in [2.75, 3.05) is 6.54 Å². The topological polar surface area (TPSA) is 24.9 Å². The van der Waals surface area contributed by atoms with E-state index in [2.05, 4.69) is 31.1 Å². The highest BCUT2D eigenvalue weighted by Crippen LogP contribution is 2.16. The molecule has 1 heterocycles. The molecule has 1 aromatic heterocycles. The lowest BCUT2D eigenvalue weighted by atomic mass is 10.2. The zero-order valence-electron chi connectivity index (χ0n) is 10.1. The molecule has 0 aliphatic rings. The summed E-state index contributed by atoms with van der Waals surface area (Å²) in [5.74, 6) is 0. The maximum atomic E-state index is 4.42. The van der Waals surface area contributed by atoms with Gasteiger partial charge in [-0.3, -0.25) is 0 Å². The Hall–Kier alpha value is -0.410. The molecule has 0 unspecified atom stereocenters. The second-order valence-corrected chi connectivity index (χ2v) is 5.27. The van der Waals surface area contributed by atoms with Gasteiger partial charge in [0.15, 0.2) is 0 Å². The van der Waals surface area contributed by atoms with E-state index in [1.54, 1.807) is 0 Å². The predicted molar refractivity (Wildman–Crippen MR) is 67.4 cm³/mol. The van der Waals surface area contributed by atoms with Gasteiger partial charge in [-0.1, -0.05) is 26.2 Å². The summed E-state index contributed by atoms with van der Waals surface area (Å²) in [6.07, 6.45) is 5.32. The predicted octanol–water partition coefficient (Wildman–Crippen LogP) is 3.43. The molecule has 0 amide bonds. The van der Waals surface area contributed by atoms with Crippen molar-refractivity contribution < 1.29 is 0 Å². The zero-order chi connectivity index (χ0) is 11.1. The van der Waals surface area contributed by atoms with E-state index in [1.165, 1.54) is 41.3 Å². The van der Waals surface area contributed by atoms with E-state index >= 15 is 0 Å². The third-order valence-corrected chi connectivity index (χ3v) is 3.57. The Morgan fingerprint density at radius 2 is 2.00 bits per heavy atom. The first-order valence-electron chi connectivity index (χ1n) is 5.87. The minimum atomic E-state index is 0.990. The Balaban J connectivity index is 2.12. The molecule has 0 aliphatic heterocycles. The highest BCUT2D eigenvalue weighted by Gasteiger charge is 2.03. The van der Waals surface area contributed by atoms with Gasteiger partial charge in [0.2, 0.25) is 0 Å². The first kappa shape index (κ1) is 12.7. The Morgan fingerprint density at radius 1 is 1.20 bits per heavy atom. The Morgan fingerprint density at radius 3 is 2.60 bits per heavy atom. The van der Waals surface area contributed by atoms with Crippen molar-refractivity contribution in [1.29, 1.82) is 0 Å². The van der Waals surface area contributed by atoms with Crippen molar-refractivity contribution in [2.45, 2.75) is 53.0 Å². The summed E-state index contributed by atoms with van der Waals surface area (Å²) in [5, 5.41) is 4.66. The third kappa shape index (κ3) is 4.76. The maximum Gasteiger partial charge on any atom is 0.0900 e. The molecule has 3 heteroatoms. The number of aryl methyl sites for hydroxylation is 2. The van der Waals surface area contributed by atoms with Gasteiger partial charge in [0.1, 0.15) is 0 Å². The molecule has 0 saturated carbocycles. The number of hydrogen-bond acceptors (Lipinski definition) is 3. The van der Waals surface area contributed by atoms with Gasteiger partial charge in [-0.25, -0.2) is 4.98 Å². The monoisotopic (exact) mass is 226 g/mol. The van der Waals surface area contributed by atoms with Gasteiger partial charge in [0.25, 0.3) is 0 Å². The Bertz CT molecular complexity index is 281. The van der Waals surface area contributed by atoms with Crippen LogP contribution in [0.5, 0.6) is 0 Å². The normalized spacial score (nSPS) is 10.9. The minimum Gasteiger partial charge on any atom is -0.312 e. The summed E-state index contributed by atoms with van der Waals surface area (Å²) in [6, 6.07) is 0. The molecule has 0 aliphatic carbocycles. The van der Waals surface area contributed by atoms with Crippen molar-refractivity contribution in [2.24, 2.45) is 0 Å². The van der Waals surface area contributed by atoms with Crippen molar-refractivity contribution in [1.82, 2.24) is 10.3 Å². The van der Waals surface area contributed by atoms with E-state index in [0.29, 0.717) is 0 Å². The van der Waals surface area contributed by atoms with E-state index in [4.69, 9.17) is 0 Å². The van der Waals surface area contributed by atoms with Crippen LogP contribution in [0.25, 0.3) is 0 Å². The molecule has 0 spiro atoms. The van der Waals surface area contributed by atoms with Crippen LogP contribution in [0.2, 0.25) is 0 Å². The maximum absolute atomic E-state index is 4.42. The molecule has 2 nitrogen and oxygen atoms in total. The van der Waals surface area contributed by atoms with Gasteiger partial charge in [-0.2, -0.15) is 0 Å². The molecule has 0 atom stereocenters. The van der Waals surface area contributed by atoms with Crippen LogP contribution in [-0.4, -0.2) is 11.5 Å². The van der Waals surface area contributed by atoms with Crippen LogP contribution in [0.4, 0.5) is 0 Å². The van der Waals surface area contributed by atoms with Gasteiger partial charge in [-0.05, 0) is 26.8 Å². The number of rotatable bonds is 7. The fourth-order valence-corrected chi connectivity index (χ4v) is 2.52. The summed E-state index contributed by atoms with van der Waals surface area (Å²) in [6.45, 7) is 8.54. The molecule has 0 radical (unpaired) electrons. The molecule has 0 saturated heterocycles. The average Bonchev–Trinajstić information content (AvgIpc) is 2.51. The minimum absolute atomic E-state index is 0.990. The summed E-state index contributed by atoms with van der Waals surface area (Å²) < 4.78 is 0. The molecule has 1 N–H and O–H groups in total. The molecule has 0 aromatic carbocycles. The Kier molecular flexibility index (Phi) is 5.88. The Labute approximate surface area is 97.1 Å². The fourth-order valence-electron chi connectivity index (χ4n) is 1.62. The lowest BCUT2D eigenvalue weighted by Crippen LogP contribution is -2.14. The van der Waals surface area contributed by atoms with Crippen LogP contribution >= 0.6 is 11.3 Å². The zero-order valence-corrected chi connectivity index (χ0v) is 10.9. The molecule has 0 bridgehead atoms. The van der Waals surface area contributed by atoms with Gasteiger partial charge in [0, 0.05) is 11.4 Å². The summed E-state index contributed by atoms with van der Waals surface area (Å²) >= 11 is 1.81. The van der Waals surface area contributed by atoms with Crippen molar-refractivity contribution >= 4 is 11.3 Å². The molecule has 0 fully saturated rings. The van der Waals surface area contributed by atoms with E-state index in [-0.39, 0.29) is 0 Å². The van der Waals surface area contributed by atoms with E-state index in [0.717, 1.165) is 13.1 Å². The van der Waals surface area contributed by atoms with E-state index in [9.17, 15) is 0 Å². The number of nitrogens with one attached hydrogen (secondary N) is 1. The summed E-state index contributed by atoms with van der Waals surface area (Å²) in [5.41, 5.74) is 1.19. The number of thiazole rings is 1. The first-order valence-corrected chi connectivity index (χ1v) is 6.69. The molecule has 15 heavy (non-hydrogen) atoms. The fraction of sp³-hybridized carbons (Fsp3) is 0.750. The van der Waals surface area contributed by atoms with Crippen LogP contribution in [0, 0.1) is 13.8 Å². The van der Waals surface area contributed by atoms with Gasteiger partial charge in [-0.15, -0.1) is 11.3 Å². The smallest absolute Gasteiger partial charge is 0.0900 e. The lowest BCUT2D eigenvalue weighted by Gasteiger charge is -2.02. The number of hydrogen-bond donors (Lipinski definition) is 1. The summed E-state index contributed by atoms with van der Waals surface area (Å²) in [4.78, 5) is 5.81. The number of unbranched alkanes of at least 4 members (excludes halogenated alkanes) is 3. The standard InChI is InChI=1S/C12H22N2S/c1-4-5-6-7-8-13-9-12-10(2)14-11(3)15-12/h13H,4-9H2,1-3H3. The molecule has 86 valence electrons. The number of nitrogens with zero attached hydrogens (tertiary/aromatic N) is 1. The second-order valence-electron chi connectivity index (χ2n) is 3.98. The van der Waals surface area contributed by atoms with E-state index < -0.39 is 0 Å². The average molecular weight is 226 g/mol. The van der Waals surface area contributed by atoms with Crippen LogP contribution in [-0.2, 0) is 6.54 Å². The lowest BCUT2D eigenvalue weighted by molar-refractivity contribution is 0.599. The van der Waals surface area contributed by atoms with Crippen molar-refractivity contribution in [3.8, 4) is 0 Å². The largest absolute Gasteiger partial charge is 0.312 e. The van der Waals surface area contributed by atoms with Crippen LogP contribution in [0.15, 0.2) is 0 Å². The van der Waals surface area contributed by atoms with Crippen LogP contribution in [0.3, 0.4) is 0 Å². The van der Waals surface area contributed by atoms with Crippen LogP contribution in [0.1, 0.15) is 48.2 Å². The summed E-state index contributed by atoms with van der Waals surface area (Å²) in [7, 11) is 0. The van der Waals surface area contributed by atoms with Gasteiger partial charge >= 0.3 is 0 Å². The van der Waals surface area contributed by atoms with Gasteiger partial charge in [0.05, 0.1) is 10.7 Å². The second kappa shape index (κ2) is 6.96. The molecular formula is C12H22N2S. The SMILES string of the molecule is CCCCCCNCc1sc(C)nc1C. The molecule has 1 rings (SSSR count). The van der Waals surface area contributed by atoms with Crippen molar-refractivity contribution in [3.63, 3.8) is 0 Å². The highest BCUT2D eigenvalue weighted by atomic mass is 32.1. The highest BCUT2D eigenvalue weighted by molar-refractivity contribution is 7.11. The molecular weight excluding hydrogens is 204 g/mol. The van der Waals surface area contributed by atoms with Crippen LogP contribution < -0.4 is 5.32 Å². The quantitative estimate of drug-likeness (QED) is 0.721.